The summed E-state index contributed by atoms with van der Waals surface area (Å²) in [6.07, 6.45) is 1.93. The van der Waals surface area contributed by atoms with E-state index in [0.29, 0.717) is 5.56 Å². The van der Waals surface area contributed by atoms with Crippen LogP contribution in [-0.4, -0.2) is 11.5 Å². The molecule has 0 spiro atoms. The zero-order chi connectivity index (χ0) is 11.3. The van der Waals surface area contributed by atoms with Gasteiger partial charge in [-0.05, 0) is 31.4 Å². The first-order chi connectivity index (χ1) is 7.22. The largest absolute Gasteiger partial charge is 0.369 e. The zero-order valence-electron chi connectivity index (χ0n) is 9.59. The van der Waals surface area contributed by atoms with Crippen molar-refractivity contribution >= 4 is 5.82 Å². The Kier molecular flexibility index (Phi) is 4.11. The summed E-state index contributed by atoms with van der Waals surface area (Å²) in [7, 11) is 0. The number of hydrogen-bond donors (Lipinski definition) is 1. The average molecular weight is 203 g/mol. The highest BCUT2D eigenvalue weighted by Crippen LogP contribution is 2.16. The van der Waals surface area contributed by atoms with Crippen LogP contribution in [0.1, 0.15) is 37.1 Å². The molecule has 1 aromatic rings. The summed E-state index contributed by atoms with van der Waals surface area (Å²) in [4.78, 5) is 4.47. The fourth-order valence-corrected chi connectivity index (χ4v) is 1.47. The summed E-state index contributed by atoms with van der Waals surface area (Å²) in [6, 6.07) is 4.08. The first-order valence-electron chi connectivity index (χ1n) is 5.37. The molecular weight excluding hydrogens is 186 g/mol. The van der Waals surface area contributed by atoms with E-state index in [1.165, 1.54) is 0 Å². The topological polar surface area (TPSA) is 48.7 Å². The van der Waals surface area contributed by atoms with Gasteiger partial charge in [0.1, 0.15) is 11.9 Å². The molecule has 0 saturated heterocycles. The summed E-state index contributed by atoms with van der Waals surface area (Å²) in [6.45, 7) is 7.02. The van der Waals surface area contributed by atoms with Crippen molar-refractivity contribution in [1.29, 1.82) is 5.26 Å². The second-order valence-corrected chi connectivity index (χ2v) is 3.54. The lowest BCUT2D eigenvalue weighted by molar-refractivity contribution is 0.947. The van der Waals surface area contributed by atoms with Gasteiger partial charge in [0.05, 0.1) is 5.56 Å². The minimum atomic E-state index is 0.637. The standard InChI is InChI=1S/C12H17N3/c1-4-6-14-12-10(8-13)7-9(3)11(5-2)15-12/h7H,4-6H2,1-3H3,(H,14,15). The van der Waals surface area contributed by atoms with Crippen LogP contribution in [0.15, 0.2) is 6.07 Å². The van der Waals surface area contributed by atoms with Crippen molar-refractivity contribution < 1.29 is 0 Å². The van der Waals surface area contributed by atoms with Crippen LogP contribution in [0, 0.1) is 18.3 Å². The maximum atomic E-state index is 8.98. The summed E-state index contributed by atoms with van der Waals surface area (Å²) in [5, 5.41) is 12.2. The van der Waals surface area contributed by atoms with Crippen molar-refractivity contribution in [3.05, 3.63) is 22.9 Å². The fourth-order valence-electron chi connectivity index (χ4n) is 1.47. The van der Waals surface area contributed by atoms with Gasteiger partial charge < -0.3 is 5.32 Å². The Morgan fingerprint density at radius 2 is 2.20 bits per heavy atom. The maximum Gasteiger partial charge on any atom is 0.144 e. The number of anilines is 1. The summed E-state index contributed by atoms with van der Waals surface area (Å²) in [5.74, 6) is 0.724. The lowest BCUT2D eigenvalue weighted by Crippen LogP contribution is -2.06. The SMILES string of the molecule is CCCNc1nc(CC)c(C)cc1C#N. The van der Waals surface area contributed by atoms with Crippen LogP contribution in [0.3, 0.4) is 0 Å². The Hall–Kier alpha value is -1.56. The van der Waals surface area contributed by atoms with E-state index in [4.69, 9.17) is 5.26 Å². The molecule has 0 bridgehead atoms. The van der Waals surface area contributed by atoms with E-state index in [2.05, 4.69) is 30.2 Å². The van der Waals surface area contributed by atoms with Crippen LogP contribution in [0.25, 0.3) is 0 Å². The van der Waals surface area contributed by atoms with Gasteiger partial charge in [-0.3, -0.25) is 0 Å². The number of aromatic nitrogens is 1. The lowest BCUT2D eigenvalue weighted by atomic mass is 10.1. The third-order valence-electron chi connectivity index (χ3n) is 2.32. The number of nitriles is 1. The molecule has 0 atom stereocenters. The third kappa shape index (κ3) is 2.69. The third-order valence-corrected chi connectivity index (χ3v) is 2.32. The molecule has 80 valence electrons. The summed E-state index contributed by atoms with van der Waals surface area (Å²) < 4.78 is 0. The molecule has 0 aliphatic heterocycles. The molecule has 0 aromatic carbocycles. The van der Waals surface area contributed by atoms with Gasteiger partial charge >= 0.3 is 0 Å². The minimum absolute atomic E-state index is 0.637. The van der Waals surface area contributed by atoms with Gasteiger partial charge in [0.2, 0.25) is 0 Å². The van der Waals surface area contributed by atoms with Gasteiger partial charge in [0.25, 0.3) is 0 Å². The van der Waals surface area contributed by atoms with Gasteiger partial charge in [-0.2, -0.15) is 5.26 Å². The van der Waals surface area contributed by atoms with E-state index in [1.807, 2.05) is 13.0 Å². The number of hydrogen-bond acceptors (Lipinski definition) is 3. The van der Waals surface area contributed by atoms with Gasteiger partial charge in [-0.15, -0.1) is 0 Å². The van der Waals surface area contributed by atoms with Gasteiger partial charge in [-0.25, -0.2) is 4.98 Å². The molecule has 0 saturated carbocycles. The molecule has 1 aromatic heterocycles. The molecule has 15 heavy (non-hydrogen) atoms. The van der Waals surface area contributed by atoms with Crippen molar-refractivity contribution in [2.75, 3.05) is 11.9 Å². The van der Waals surface area contributed by atoms with E-state index >= 15 is 0 Å². The quantitative estimate of drug-likeness (QED) is 0.818. The van der Waals surface area contributed by atoms with Gasteiger partial charge in [0, 0.05) is 12.2 Å². The Labute approximate surface area is 91.1 Å². The number of rotatable bonds is 4. The van der Waals surface area contributed by atoms with Crippen LogP contribution in [-0.2, 0) is 6.42 Å². The first kappa shape index (κ1) is 11.5. The molecule has 0 radical (unpaired) electrons. The second-order valence-electron chi connectivity index (χ2n) is 3.54. The fraction of sp³-hybridized carbons (Fsp3) is 0.500. The number of nitrogens with zero attached hydrogens (tertiary/aromatic N) is 2. The Morgan fingerprint density at radius 1 is 1.47 bits per heavy atom. The van der Waals surface area contributed by atoms with Crippen molar-refractivity contribution in [2.45, 2.75) is 33.6 Å². The summed E-state index contributed by atoms with van der Waals surface area (Å²) >= 11 is 0. The normalized spacial score (nSPS) is 9.73. The molecule has 1 N–H and O–H groups in total. The Bertz CT molecular complexity index is 377. The van der Waals surface area contributed by atoms with Crippen molar-refractivity contribution in [2.24, 2.45) is 0 Å². The van der Waals surface area contributed by atoms with Crippen LogP contribution in [0.4, 0.5) is 5.82 Å². The van der Waals surface area contributed by atoms with Crippen LogP contribution in [0.2, 0.25) is 0 Å². The highest BCUT2D eigenvalue weighted by Gasteiger charge is 2.07. The molecule has 0 unspecified atom stereocenters. The Morgan fingerprint density at radius 3 is 2.73 bits per heavy atom. The predicted octanol–water partition coefficient (Wildman–Crippen LogP) is 2.65. The molecule has 3 heteroatoms. The molecule has 0 amide bonds. The highest BCUT2D eigenvalue weighted by molar-refractivity contribution is 5.54. The Balaban J connectivity index is 3.06. The van der Waals surface area contributed by atoms with Gasteiger partial charge in [0.15, 0.2) is 0 Å². The van der Waals surface area contributed by atoms with Crippen LogP contribution >= 0.6 is 0 Å². The van der Waals surface area contributed by atoms with E-state index in [9.17, 15) is 0 Å². The number of pyridine rings is 1. The predicted molar refractivity (Wildman–Crippen MR) is 61.8 cm³/mol. The lowest BCUT2D eigenvalue weighted by Gasteiger charge is -2.09. The van der Waals surface area contributed by atoms with Gasteiger partial charge in [-0.1, -0.05) is 13.8 Å². The monoisotopic (exact) mass is 203 g/mol. The van der Waals surface area contributed by atoms with Crippen molar-refractivity contribution in [3.8, 4) is 6.07 Å². The van der Waals surface area contributed by atoms with E-state index in [1.54, 1.807) is 0 Å². The minimum Gasteiger partial charge on any atom is -0.369 e. The molecular formula is C12H17N3. The summed E-state index contributed by atoms with van der Waals surface area (Å²) in [5.41, 5.74) is 2.79. The molecule has 0 fully saturated rings. The second kappa shape index (κ2) is 5.35. The van der Waals surface area contributed by atoms with Crippen LogP contribution < -0.4 is 5.32 Å². The zero-order valence-corrected chi connectivity index (χ0v) is 9.59. The average Bonchev–Trinajstić information content (AvgIpc) is 2.26. The smallest absolute Gasteiger partial charge is 0.144 e. The van der Waals surface area contributed by atoms with Crippen molar-refractivity contribution in [3.63, 3.8) is 0 Å². The molecule has 0 aliphatic carbocycles. The molecule has 3 nitrogen and oxygen atoms in total. The van der Waals surface area contributed by atoms with E-state index < -0.39 is 0 Å². The maximum absolute atomic E-state index is 8.98. The first-order valence-corrected chi connectivity index (χ1v) is 5.37. The molecule has 1 heterocycles. The van der Waals surface area contributed by atoms with E-state index in [-0.39, 0.29) is 0 Å². The highest BCUT2D eigenvalue weighted by atomic mass is 15.0. The molecule has 0 aliphatic rings. The van der Waals surface area contributed by atoms with Crippen LogP contribution in [0.5, 0.6) is 0 Å². The number of nitrogens with one attached hydrogen (secondary N) is 1. The van der Waals surface area contributed by atoms with E-state index in [0.717, 1.165) is 36.5 Å². The molecule has 1 rings (SSSR count). The number of aryl methyl sites for hydroxylation is 2. The van der Waals surface area contributed by atoms with Crippen molar-refractivity contribution in [1.82, 2.24) is 4.98 Å².